The van der Waals surface area contributed by atoms with Crippen LogP contribution in [-0.2, 0) is 17.8 Å². The zero-order valence-electron chi connectivity index (χ0n) is 18.2. The van der Waals surface area contributed by atoms with Crippen LogP contribution in [0.2, 0.25) is 0 Å². The van der Waals surface area contributed by atoms with Gasteiger partial charge >= 0.3 is 0 Å². The summed E-state index contributed by atoms with van der Waals surface area (Å²) in [4.78, 5) is 29.6. The van der Waals surface area contributed by atoms with Crippen molar-refractivity contribution in [1.82, 2.24) is 15.5 Å². The summed E-state index contributed by atoms with van der Waals surface area (Å²) in [5.74, 6) is 0.631. The van der Waals surface area contributed by atoms with Gasteiger partial charge in [0, 0.05) is 45.4 Å². The number of carbonyl (C=O) groups is 2. The Morgan fingerprint density at radius 2 is 1.73 bits per heavy atom. The fraction of sp³-hybridized carbons (Fsp3) is 0.348. The van der Waals surface area contributed by atoms with Gasteiger partial charge in [-0.1, -0.05) is 24.3 Å². The van der Waals surface area contributed by atoms with Crippen LogP contribution in [0.3, 0.4) is 0 Å². The van der Waals surface area contributed by atoms with Crippen molar-refractivity contribution in [2.45, 2.75) is 26.8 Å². The predicted octanol–water partition coefficient (Wildman–Crippen LogP) is 2.64. The minimum absolute atomic E-state index is 0.00111. The lowest BCUT2D eigenvalue weighted by Crippen LogP contribution is -2.38. The molecule has 0 saturated heterocycles. The van der Waals surface area contributed by atoms with Gasteiger partial charge in [0.05, 0.1) is 6.54 Å². The molecule has 0 aliphatic heterocycles. The Morgan fingerprint density at radius 1 is 1.00 bits per heavy atom. The fourth-order valence-electron chi connectivity index (χ4n) is 2.91. The standard InChI is InChI=1S/C23H31N5O2/c1-5-24-23(26-16-19-9-7-11-21(15-19)27-17(2)29)25-13-12-18-8-6-10-20(14-18)22(30)28(3)4/h6-11,14-15H,5,12-13,16H2,1-4H3,(H,27,29)(H2,24,25,26). The SMILES string of the molecule is CCNC(=NCc1cccc(NC(C)=O)c1)NCCc1cccc(C(=O)N(C)C)c1. The number of hydrogen-bond donors (Lipinski definition) is 3. The molecule has 7 nitrogen and oxygen atoms in total. The lowest BCUT2D eigenvalue weighted by molar-refractivity contribution is -0.114. The third kappa shape index (κ3) is 7.58. The van der Waals surface area contributed by atoms with E-state index < -0.39 is 0 Å². The number of carbonyl (C=O) groups excluding carboxylic acids is 2. The normalized spacial score (nSPS) is 11.0. The van der Waals surface area contributed by atoms with E-state index in [-0.39, 0.29) is 11.8 Å². The summed E-state index contributed by atoms with van der Waals surface area (Å²) in [6.07, 6.45) is 0.775. The van der Waals surface area contributed by atoms with E-state index in [1.165, 1.54) is 6.92 Å². The van der Waals surface area contributed by atoms with E-state index in [1.807, 2.05) is 55.5 Å². The van der Waals surface area contributed by atoms with Crippen LogP contribution in [0, 0.1) is 0 Å². The van der Waals surface area contributed by atoms with E-state index in [0.717, 1.165) is 35.7 Å². The zero-order chi connectivity index (χ0) is 21.9. The first-order chi connectivity index (χ1) is 14.4. The van der Waals surface area contributed by atoms with E-state index in [9.17, 15) is 9.59 Å². The molecule has 0 radical (unpaired) electrons. The van der Waals surface area contributed by atoms with Crippen molar-refractivity contribution >= 4 is 23.5 Å². The van der Waals surface area contributed by atoms with Crippen LogP contribution in [0.4, 0.5) is 5.69 Å². The van der Waals surface area contributed by atoms with Crippen LogP contribution in [0.5, 0.6) is 0 Å². The largest absolute Gasteiger partial charge is 0.357 e. The molecule has 2 aromatic rings. The number of nitrogens with one attached hydrogen (secondary N) is 3. The van der Waals surface area contributed by atoms with Crippen molar-refractivity contribution in [2.24, 2.45) is 4.99 Å². The number of amides is 2. The van der Waals surface area contributed by atoms with Crippen molar-refractivity contribution in [3.05, 3.63) is 65.2 Å². The van der Waals surface area contributed by atoms with Crippen molar-refractivity contribution in [1.29, 1.82) is 0 Å². The van der Waals surface area contributed by atoms with E-state index in [2.05, 4.69) is 20.9 Å². The number of rotatable bonds is 8. The Balaban J connectivity index is 1.95. The highest BCUT2D eigenvalue weighted by atomic mass is 16.2. The fourth-order valence-corrected chi connectivity index (χ4v) is 2.91. The Morgan fingerprint density at radius 3 is 2.43 bits per heavy atom. The van der Waals surface area contributed by atoms with Gasteiger partial charge in [-0.3, -0.25) is 9.59 Å². The van der Waals surface area contributed by atoms with Crippen LogP contribution in [-0.4, -0.2) is 49.9 Å². The number of anilines is 1. The number of hydrogen-bond acceptors (Lipinski definition) is 3. The predicted molar refractivity (Wildman–Crippen MR) is 122 cm³/mol. The molecule has 160 valence electrons. The molecule has 2 amide bonds. The molecule has 0 bridgehead atoms. The summed E-state index contributed by atoms with van der Waals surface area (Å²) in [6, 6.07) is 15.3. The third-order valence-electron chi connectivity index (χ3n) is 4.30. The molecule has 0 atom stereocenters. The monoisotopic (exact) mass is 409 g/mol. The van der Waals surface area contributed by atoms with Crippen molar-refractivity contribution < 1.29 is 9.59 Å². The van der Waals surface area contributed by atoms with Crippen LogP contribution in [0.1, 0.15) is 35.3 Å². The lowest BCUT2D eigenvalue weighted by atomic mass is 10.1. The molecular weight excluding hydrogens is 378 g/mol. The smallest absolute Gasteiger partial charge is 0.253 e. The number of aliphatic imine (C=N–C) groups is 1. The summed E-state index contributed by atoms with van der Waals surface area (Å²) in [5.41, 5.74) is 3.56. The zero-order valence-corrected chi connectivity index (χ0v) is 18.2. The number of guanidine groups is 1. The second-order valence-electron chi connectivity index (χ2n) is 7.15. The van der Waals surface area contributed by atoms with Crippen LogP contribution < -0.4 is 16.0 Å². The summed E-state index contributed by atoms with van der Waals surface area (Å²) in [6.45, 7) is 5.45. The lowest BCUT2D eigenvalue weighted by Gasteiger charge is -2.13. The van der Waals surface area contributed by atoms with E-state index in [4.69, 9.17) is 0 Å². The minimum atomic E-state index is -0.0954. The Hall–Kier alpha value is -3.35. The number of nitrogens with zero attached hydrogens (tertiary/aromatic N) is 2. The first-order valence-corrected chi connectivity index (χ1v) is 10.1. The van der Waals surface area contributed by atoms with Gasteiger partial charge in [-0.05, 0) is 48.7 Å². The Labute approximate surface area is 178 Å². The highest BCUT2D eigenvalue weighted by Gasteiger charge is 2.08. The molecule has 0 heterocycles. The first-order valence-electron chi connectivity index (χ1n) is 10.1. The molecular formula is C23H31N5O2. The molecule has 3 N–H and O–H groups in total. The van der Waals surface area contributed by atoms with E-state index in [0.29, 0.717) is 18.7 Å². The van der Waals surface area contributed by atoms with Gasteiger partial charge < -0.3 is 20.9 Å². The summed E-state index contributed by atoms with van der Waals surface area (Å²) in [7, 11) is 3.50. The molecule has 0 aromatic heterocycles. The van der Waals surface area contributed by atoms with Gasteiger partial charge in [0.1, 0.15) is 0 Å². The highest BCUT2D eigenvalue weighted by Crippen LogP contribution is 2.11. The maximum absolute atomic E-state index is 12.1. The molecule has 30 heavy (non-hydrogen) atoms. The second-order valence-corrected chi connectivity index (χ2v) is 7.15. The van der Waals surface area contributed by atoms with Gasteiger partial charge in [0.15, 0.2) is 5.96 Å². The van der Waals surface area contributed by atoms with Crippen LogP contribution in [0.25, 0.3) is 0 Å². The van der Waals surface area contributed by atoms with E-state index >= 15 is 0 Å². The van der Waals surface area contributed by atoms with Crippen molar-refractivity contribution in [2.75, 3.05) is 32.5 Å². The maximum Gasteiger partial charge on any atom is 0.253 e. The first kappa shape index (κ1) is 22.9. The highest BCUT2D eigenvalue weighted by molar-refractivity contribution is 5.94. The molecule has 7 heteroatoms. The Bertz CT molecular complexity index is 893. The molecule has 0 unspecified atom stereocenters. The van der Waals surface area contributed by atoms with Crippen LogP contribution >= 0.6 is 0 Å². The molecule has 0 spiro atoms. The van der Waals surface area contributed by atoms with Crippen molar-refractivity contribution in [3.63, 3.8) is 0 Å². The summed E-state index contributed by atoms with van der Waals surface area (Å²) < 4.78 is 0. The van der Waals surface area contributed by atoms with Gasteiger partial charge in [-0.2, -0.15) is 0 Å². The maximum atomic E-state index is 12.1. The molecule has 0 aliphatic rings. The van der Waals surface area contributed by atoms with Gasteiger partial charge in [-0.25, -0.2) is 4.99 Å². The summed E-state index contributed by atoms with van der Waals surface area (Å²) >= 11 is 0. The van der Waals surface area contributed by atoms with Crippen molar-refractivity contribution in [3.8, 4) is 0 Å². The Kier molecular flexibility index (Phi) is 8.87. The molecule has 2 aromatic carbocycles. The van der Waals surface area contributed by atoms with Gasteiger partial charge in [0.25, 0.3) is 5.91 Å². The molecule has 2 rings (SSSR count). The van der Waals surface area contributed by atoms with Gasteiger partial charge in [-0.15, -0.1) is 0 Å². The minimum Gasteiger partial charge on any atom is -0.357 e. The molecule has 0 aliphatic carbocycles. The van der Waals surface area contributed by atoms with Gasteiger partial charge in [0.2, 0.25) is 5.91 Å². The van der Waals surface area contributed by atoms with Crippen LogP contribution in [0.15, 0.2) is 53.5 Å². The number of benzene rings is 2. The van der Waals surface area contributed by atoms with E-state index in [1.54, 1.807) is 19.0 Å². The topological polar surface area (TPSA) is 85.8 Å². The average Bonchev–Trinajstić information content (AvgIpc) is 2.71. The second kappa shape index (κ2) is 11.6. The summed E-state index contributed by atoms with van der Waals surface area (Å²) in [5, 5.41) is 9.35. The average molecular weight is 410 g/mol. The molecule has 0 saturated carbocycles. The quantitative estimate of drug-likeness (QED) is 0.462. The third-order valence-corrected chi connectivity index (χ3v) is 4.30. The molecule has 0 fully saturated rings.